The molecule has 2 aliphatic rings. The lowest BCUT2D eigenvalue weighted by atomic mass is 10.1. The maximum absolute atomic E-state index is 12.5. The van der Waals surface area contributed by atoms with E-state index in [0.29, 0.717) is 18.0 Å². The van der Waals surface area contributed by atoms with Crippen LogP contribution in [0.3, 0.4) is 0 Å². The Bertz CT molecular complexity index is 942. The molecular weight excluding hydrogens is 374 g/mol. The van der Waals surface area contributed by atoms with Crippen LogP contribution in [0.25, 0.3) is 0 Å². The smallest absolute Gasteiger partial charge is 0.251 e. The first kappa shape index (κ1) is 19.0. The second-order valence-corrected chi connectivity index (χ2v) is 9.28. The second kappa shape index (κ2) is 7.93. The topological polar surface area (TPSA) is 78.5 Å². The van der Waals surface area contributed by atoms with E-state index in [4.69, 9.17) is 0 Å². The molecule has 0 spiro atoms. The fourth-order valence-corrected chi connectivity index (χ4v) is 4.86. The molecule has 6 nitrogen and oxygen atoms in total. The fourth-order valence-electron chi connectivity index (χ4n) is 3.50. The van der Waals surface area contributed by atoms with Gasteiger partial charge in [-0.3, -0.25) is 4.79 Å². The zero-order chi connectivity index (χ0) is 19.6. The van der Waals surface area contributed by atoms with Crippen LogP contribution in [-0.4, -0.2) is 40.0 Å². The monoisotopic (exact) mass is 399 g/mol. The molecule has 2 aromatic rings. The number of carbonyl (C=O) groups excluding carboxylic acids is 1. The van der Waals surface area contributed by atoms with E-state index < -0.39 is 10.0 Å². The maximum Gasteiger partial charge on any atom is 0.251 e. The highest BCUT2D eigenvalue weighted by Gasteiger charge is 2.28. The Kier molecular flexibility index (Phi) is 5.37. The van der Waals surface area contributed by atoms with Crippen molar-refractivity contribution in [3.8, 4) is 0 Å². The third-order valence-electron chi connectivity index (χ3n) is 5.26. The molecule has 148 valence electrons. The highest BCUT2D eigenvalue weighted by atomic mass is 32.2. The van der Waals surface area contributed by atoms with E-state index in [1.54, 1.807) is 12.1 Å². The molecule has 1 aliphatic heterocycles. The minimum absolute atomic E-state index is 0.0393. The summed E-state index contributed by atoms with van der Waals surface area (Å²) in [5, 5.41) is 2.96. The van der Waals surface area contributed by atoms with Gasteiger partial charge < -0.3 is 10.2 Å². The molecule has 1 aliphatic carbocycles. The van der Waals surface area contributed by atoms with Gasteiger partial charge in [-0.2, -0.15) is 0 Å². The van der Waals surface area contributed by atoms with E-state index in [9.17, 15) is 13.2 Å². The number of benzene rings is 2. The van der Waals surface area contributed by atoms with Crippen molar-refractivity contribution >= 4 is 21.6 Å². The Morgan fingerprint density at radius 2 is 1.82 bits per heavy atom. The van der Waals surface area contributed by atoms with Gasteiger partial charge in [0.1, 0.15) is 0 Å². The maximum atomic E-state index is 12.5. The van der Waals surface area contributed by atoms with Gasteiger partial charge in [0.15, 0.2) is 0 Å². The standard InChI is InChI=1S/C21H25N3O3S/c25-21(17-5-4-8-20(13-17)28(26,27)23-18-9-10-18)22-14-16-11-12-24(15-16)19-6-2-1-3-7-19/h1-8,13,16,18,23H,9-12,14-15H2,(H,22,25). The van der Waals surface area contributed by atoms with Crippen LogP contribution in [0.1, 0.15) is 29.6 Å². The van der Waals surface area contributed by atoms with Gasteiger partial charge in [-0.25, -0.2) is 13.1 Å². The molecule has 2 N–H and O–H groups in total. The summed E-state index contributed by atoms with van der Waals surface area (Å²) in [6, 6.07) is 16.5. The van der Waals surface area contributed by atoms with Gasteiger partial charge in [0, 0.05) is 36.9 Å². The van der Waals surface area contributed by atoms with Gasteiger partial charge in [0.05, 0.1) is 4.90 Å². The van der Waals surface area contributed by atoms with Gasteiger partial charge >= 0.3 is 0 Å². The molecule has 4 rings (SSSR count). The fraction of sp³-hybridized carbons (Fsp3) is 0.381. The summed E-state index contributed by atoms with van der Waals surface area (Å²) in [6.45, 7) is 2.47. The predicted octanol–water partition coefficient (Wildman–Crippen LogP) is 2.38. The summed E-state index contributed by atoms with van der Waals surface area (Å²) in [5.41, 5.74) is 1.58. The lowest BCUT2D eigenvalue weighted by molar-refractivity contribution is 0.0948. The van der Waals surface area contributed by atoms with Crippen LogP contribution in [-0.2, 0) is 10.0 Å². The van der Waals surface area contributed by atoms with E-state index in [1.807, 2.05) is 18.2 Å². The van der Waals surface area contributed by atoms with Gasteiger partial charge in [0.2, 0.25) is 10.0 Å². The molecule has 1 saturated carbocycles. The van der Waals surface area contributed by atoms with E-state index in [-0.39, 0.29) is 16.8 Å². The number of amides is 1. The number of rotatable bonds is 7. The summed E-state index contributed by atoms with van der Waals surface area (Å²) in [5.74, 6) is 0.147. The highest BCUT2D eigenvalue weighted by molar-refractivity contribution is 7.89. The Balaban J connectivity index is 1.34. The van der Waals surface area contributed by atoms with Crippen molar-refractivity contribution in [2.24, 2.45) is 5.92 Å². The molecule has 0 aromatic heterocycles. The molecule has 1 unspecified atom stereocenters. The molecule has 7 heteroatoms. The molecule has 1 saturated heterocycles. The average Bonchev–Trinajstić information content (AvgIpc) is 3.39. The minimum Gasteiger partial charge on any atom is -0.371 e. The molecule has 0 bridgehead atoms. The summed E-state index contributed by atoms with van der Waals surface area (Å²) in [6.07, 6.45) is 2.77. The molecule has 0 radical (unpaired) electrons. The zero-order valence-corrected chi connectivity index (χ0v) is 16.5. The van der Waals surface area contributed by atoms with Crippen molar-refractivity contribution in [2.45, 2.75) is 30.2 Å². The van der Waals surface area contributed by atoms with E-state index >= 15 is 0 Å². The van der Waals surface area contributed by atoms with Crippen LogP contribution in [0.5, 0.6) is 0 Å². The Hall–Kier alpha value is -2.38. The lowest BCUT2D eigenvalue weighted by Crippen LogP contribution is -2.31. The zero-order valence-electron chi connectivity index (χ0n) is 15.7. The molecule has 1 heterocycles. The third-order valence-corrected chi connectivity index (χ3v) is 6.78. The van der Waals surface area contributed by atoms with E-state index in [1.165, 1.54) is 17.8 Å². The van der Waals surface area contributed by atoms with Crippen LogP contribution in [0, 0.1) is 5.92 Å². The highest BCUT2D eigenvalue weighted by Crippen LogP contribution is 2.24. The molecule has 2 aromatic carbocycles. The third kappa shape index (κ3) is 4.54. The number of hydrogen-bond donors (Lipinski definition) is 2. The Morgan fingerprint density at radius 3 is 2.57 bits per heavy atom. The Labute approximate surface area is 166 Å². The van der Waals surface area contributed by atoms with Crippen LogP contribution >= 0.6 is 0 Å². The molecular formula is C21H25N3O3S. The molecule has 28 heavy (non-hydrogen) atoms. The molecule has 2 fully saturated rings. The number of nitrogens with one attached hydrogen (secondary N) is 2. The van der Waals surface area contributed by atoms with Gasteiger partial charge in [-0.15, -0.1) is 0 Å². The van der Waals surface area contributed by atoms with Crippen molar-refractivity contribution in [3.63, 3.8) is 0 Å². The number of nitrogens with zero attached hydrogens (tertiary/aromatic N) is 1. The van der Waals surface area contributed by atoms with Crippen LogP contribution in [0.15, 0.2) is 59.5 Å². The number of para-hydroxylation sites is 1. The summed E-state index contributed by atoms with van der Waals surface area (Å²) in [7, 11) is -3.56. The summed E-state index contributed by atoms with van der Waals surface area (Å²) >= 11 is 0. The van der Waals surface area contributed by atoms with Crippen LogP contribution in [0.4, 0.5) is 5.69 Å². The van der Waals surface area contributed by atoms with Crippen molar-refractivity contribution in [2.75, 3.05) is 24.5 Å². The first-order valence-corrected chi connectivity index (χ1v) is 11.2. The molecule has 1 atom stereocenters. The van der Waals surface area contributed by atoms with Crippen molar-refractivity contribution in [1.82, 2.24) is 10.0 Å². The normalized spacial score (nSPS) is 19.6. The molecule has 1 amide bonds. The number of anilines is 1. The largest absolute Gasteiger partial charge is 0.371 e. The summed E-state index contributed by atoms with van der Waals surface area (Å²) < 4.78 is 27.3. The Morgan fingerprint density at radius 1 is 1.04 bits per heavy atom. The van der Waals surface area contributed by atoms with E-state index in [2.05, 4.69) is 27.1 Å². The van der Waals surface area contributed by atoms with Crippen molar-refractivity contribution in [1.29, 1.82) is 0 Å². The van der Waals surface area contributed by atoms with Gasteiger partial charge in [-0.1, -0.05) is 24.3 Å². The summed E-state index contributed by atoms with van der Waals surface area (Å²) in [4.78, 5) is 15.0. The number of carbonyl (C=O) groups is 1. The SMILES string of the molecule is O=C(NCC1CCN(c2ccccc2)C1)c1cccc(S(=O)(=O)NC2CC2)c1. The predicted molar refractivity (Wildman–Crippen MR) is 109 cm³/mol. The average molecular weight is 400 g/mol. The minimum atomic E-state index is -3.56. The lowest BCUT2D eigenvalue weighted by Gasteiger charge is -2.18. The van der Waals surface area contributed by atoms with Gasteiger partial charge in [0.25, 0.3) is 5.91 Å². The van der Waals surface area contributed by atoms with Crippen molar-refractivity contribution in [3.05, 3.63) is 60.2 Å². The van der Waals surface area contributed by atoms with E-state index in [0.717, 1.165) is 32.4 Å². The number of hydrogen-bond acceptors (Lipinski definition) is 4. The number of sulfonamides is 1. The van der Waals surface area contributed by atoms with Crippen molar-refractivity contribution < 1.29 is 13.2 Å². The quantitative estimate of drug-likeness (QED) is 0.749. The van der Waals surface area contributed by atoms with Crippen LogP contribution in [0.2, 0.25) is 0 Å². The first-order chi connectivity index (χ1) is 13.5. The second-order valence-electron chi connectivity index (χ2n) is 7.57. The van der Waals surface area contributed by atoms with Gasteiger partial charge in [-0.05, 0) is 55.5 Å². The first-order valence-electron chi connectivity index (χ1n) is 9.72. The van der Waals surface area contributed by atoms with Crippen LogP contribution < -0.4 is 14.9 Å².